The number of rotatable bonds is 4. The lowest BCUT2D eigenvalue weighted by molar-refractivity contribution is 0.816. The van der Waals surface area contributed by atoms with Gasteiger partial charge in [-0.1, -0.05) is 38.1 Å². The van der Waals surface area contributed by atoms with Crippen molar-refractivity contribution in [1.82, 2.24) is 9.97 Å². The Balaban J connectivity index is 2.11. The van der Waals surface area contributed by atoms with E-state index in [0.29, 0.717) is 17.7 Å². The molecule has 1 aromatic heterocycles. The molecule has 1 aromatic carbocycles. The number of aromatic nitrogens is 2. The Morgan fingerprint density at radius 1 is 1.20 bits per heavy atom. The highest BCUT2D eigenvalue weighted by molar-refractivity contribution is 5.63. The quantitative estimate of drug-likeness (QED) is 0.658. The van der Waals surface area contributed by atoms with Crippen LogP contribution in [0.25, 0.3) is 11.4 Å². The topological polar surface area (TPSA) is 63.8 Å². The summed E-state index contributed by atoms with van der Waals surface area (Å²) in [7, 11) is 0. The van der Waals surface area contributed by atoms with E-state index in [1.807, 2.05) is 12.1 Å². The van der Waals surface area contributed by atoms with E-state index in [1.54, 1.807) is 0 Å². The maximum absolute atomic E-state index is 5.54. The third-order valence-corrected chi connectivity index (χ3v) is 3.70. The summed E-state index contributed by atoms with van der Waals surface area (Å²) in [6.07, 6.45) is 2.53. The first-order chi connectivity index (χ1) is 9.69. The standard InChI is InChI=1S/C16H20N4/c1-10(2)14-9-15(20-17)19-16(18-14)13-6-4-3-5-12(13)11-7-8-11/h3-6,9-11H,7-8,17H2,1-2H3,(H,18,19,20). The Hall–Kier alpha value is -1.94. The van der Waals surface area contributed by atoms with Gasteiger partial charge in [0.2, 0.25) is 0 Å². The minimum absolute atomic E-state index is 0.344. The van der Waals surface area contributed by atoms with Gasteiger partial charge in [0, 0.05) is 17.3 Å². The molecule has 0 saturated heterocycles. The van der Waals surface area contributed by atoms with Crippen molar-refractivity contribution in [2.45, 2.75) is 38.5 Å². The summed E-state index contributed by atoms with van der Waals surface area (Å²) in [4.78, 5) is 9.24. The van der Waals surface area contributed by atoms with Crippen molar-refractivity contribution >= 4 is 5.82 Å². The second kappa shape index (κ2) is 5.21. The minimum atomic E-state index is 0.344. The first-order valence-electron chi connectivity index (χ1n) is 7.14. The number of nitrogen functional groups attached to an aromatic ring is 1. The van der Waals surface area contributed by atoms with Gasteiger partial charge in [-0.2, -0.15) is 0 Å². The summed E-state index contributed by atoms with van der Waals surface area (Å²) in [5.74, 6) is 7.99. The van der Waals surface area contributed by atoms with Gasteiger partial charge in [0.15, 0.2) is 5.82 Å². The van der Waals surface area contributed by atoms with E-state index in [1.165, 1.54) is 18.4 Å². The summed E-state index contributed by atoms with van der Waals surface area (Å²) >= 11 is 0. The zero-order valence-electron chi connectivity index (χ0n) is 11.9. The average Bonchev–Trinajstić information content (AvgIpc) is 3.31. The molecule has 104 valence electrons. The number of anilines is 1. The fourth-order valence-electron chi connectivity index (χ4n) is 2.41. The van der Waals surface area contributed by atoms with Gasteiger partial charge in [-0.05, 0) is 30.2 Å². The SMILES string of the molecule is CC(C)c1cc(NN)nc(-c2ccccc2C2CC2)n1. The van der Waals surface area contributed by atoms with Crippen LogP contribution in [0.5, 0.6) is 0 Å². The molecule has 0 unspecified atom stereocenters. The molecule has 3 rings (SSSR count). The van der Waals surface area contributed by atoms with Crippen molar-refractivity contribution in [1.29, 1.82) is 0 Å². The third-order valence-electron chi connectivity index (χ3n) is 3.70. The van der Waals surface area contributed by atoms with Crippen LogP contribution in [-0.4, -0.2) is 9.97 Å². The number of nitrogens with zero attached hydrogens (tertiary/aromatic N) is 2. The number of nitrogens with one attached hydrogen (secondary N) is 1. The van der Waals surface area contributed by atoms with Gasteiger partial charge < -0.3 is 5.43 Å². The van der Waals surface area contributed by atoms with E-state index in [2.05, 4.69) is 42.5 Å². The molecule has 0 amide bonds. The molecular formula is C16H20N4. The van der Waals surface area contributed by atoms with Crippen LogP contribution in [0, 0.1) is 0 Å². The van der Waals surface area contributed by atoms with Crippen LogP contribution in [0.1, 0.15) is 49.8 Å². The molecule has 1 fully saturated rings. The molecule has 1 aliphatic rings. The summed E-state index contributed by atoms with van der Waals surface area (Å²) in [5.41, 5.74) is 6.14. The normalized spacial score (nSPS) is 14.6. The molecule has 0 aliphatic heterocycles. The average molecular weight is 268 g/mol. The molecule has 2 aromatic rings. The van der Waals surface area contributed by atoms with Crippen LogP contribution in [0.3, 0.4) is 0 Å². The van der Waals surface area contributed by atoms with Crippen molar-refractivity contribution in [3.8, 4) is 11.4 Å². The van der Waals surface area contributed by atoms with E-state index < -0.39 is 0 Å². The first-order valence-corrected chi connectivity index (χ1v) is 7.14. The summed E-state index contributed by atoms with van der Waals surface area (Å²) in [6.45, 7) is 4.25. The molecule has 0 bridgehead atoms. The maximum atomic E-state index is 5.54. The molecule has 20 heavy (non-hydrogen) atoms. The Morgan fingerprint density at radius 3 is 2.60 bits per heavy atom. The van der Waals surface area contributed by atoms with Crippen molar-refractivity contribution in [3.63, 3.8) is 0 Å². The molecule has 1 saturated carbocycles. The van der Waals surface area contributed by atoms with Gasteiger partial charge in [-0.15, -0.1) is 0 Å². The largest absolute Gasteiger partial charge is 0.308 e. The van der Waals surface area contributed by atoms with Gasteiger partial charge in [-0.25, -0.2) is 15.8 Å². The van der Waals surface area contributed by atoms with Crippen LogP contribution in [0.15, 0.2) is 30.3 Å². The molecule has 3 N–H and O–H groups in total. The van der Waals surface area contributed by atoms with Gasteiger partial charge in [0.25, 0.3) is 0 Å². The second-order valence-corrected chi connectivity index (χ2v) is 5.66. The van der Waals surface area contributed by atoms with Crippen LogP contribution in [-0.2, 0) is 0 Å². The van der Waals surface area contributed by atoms with Crippen molar-refractivity contribution in [2.24, 2.45) is 5.84 Å². The van der Waals surface area contributed by atoms with Crippen LogP contribution in [0.2, 0.25) is 0 Å². The molecule has 4 heteroatoms. The van der Waals surface area contributed by atoms with Gasteiger partial charge in [0.1, 0.15) is 5.82 Å². The molecule has 0 spiro atoms. The van der Waals surface area contributed by atoms with Gasteiger partial charge in [-0.3, -0.25) is 0 Å². The fourth-order valence-corrected chi connectivity index (χ4v) is 2.41. The Bertz CT molecular complexity index is 618. The van der Waals surface area contributed by atoms with Crippen molar-refractivity contribution in [3.05, 3.63) is 41.6 Å². The first kappa shape index (κ1) is 13.1. The smallest absolute Gasteiger partial charge is 0.162 e. The zero-order valence-corrected chi connectivity index (χ0v) is 11.9. The predicted octanol–water partition coefficient (Wildman–Crippen LogP) is 3.43. The number of benzene rings is 1. The Kier molecular flexibility index (Phi) is 3.40. The van der Waals surface area contributed by atoms with Gasteiger partial charge >= 0.3 is 0 Å². The number of hydrogen-bond donors (Lipinski definition) is 2. The van der Waals surface area contributed by atoms with E-state index in [4.69, 9.17) is 10.8 Å². The molecule has 0 radical (unpaired) electrons. The zero-order chi connectivity index (χ0) is 14.1. The van der Waals surface area contributed by atoms with E-state index in [9.17, 15) is 0 Å². The number of hydrazine groups is 1. The minimum Gasteiger partial charge on any atom is -0.308 e. The highest BCUT2D eigenvalue weighted by Crippen LogP contribution is 2.43. The molecule has 0 atom stereocenters. The Morgan fingerprint density at radius 2 is 1.95 bits per heavy atom. The van der Waals surface area contributed by atoms with Crippen molar-refractivity contribution in [2.75, 3.05) is 5.43 Å². The summed E-state index contributed by atoms with van der Waals surface area (Å²) in [6, 6.07) is 10.3. The highest BCUT2D eigenvalue weighted by Gasteiger charge is 2.27. The fraction of sp³-hybridized carbons (Fsp3) is 0.375. The van der Waals surface area contributed by atoms with Crippen LogP contribution in [0.4, 0.5) is 5.82 Å². The Labute approximate surface area is 119 Å². The molecule has 1 heterocycles. The summed E-state index contributed by atoms with van der Waals surface area (Å²) < 4.78 is 0. The highest BCUT2D eigenvalue weighted by atomic mass is 15.3. The lowest BCUT2D eigenvalue weighted by Gasteiger charge is -2.12. The lowest BCUT2D eigenvalue weighted by atomic mass is 10.0. The van der Waals surface area contributed by atoms with Crippen molar-refractivity contribution < 1.29 is 0 Å². The molecule has 4 nitrogen and oxygen atoms in total. The van der Waals surface area contributed by atoms with E-state index >= 15 is 0 Å². The van der Waals surface area contributed by atoms with Gasteiger partial charge in [0.05, 0.1) is 0 Å². The third kappa shape index (κ3) is 2.51. The maximum Gasteiger partial charge on any atom is 0.162 e. The molecule has 1 aliphatic carbocycles. The predicted molar refractivity (Wildman–Crippen MR) is 81.3 cm³/mol. The van der Waals surface area contributed by atoms with E-state index in [-0.39, 0.29) is 0 Å². The number of hydrogen-bond acceptors (Lipinski definition) is 4. The molecular weight excluding hydrogens is 248 g/mol. The number of nitrogens with two attached hydrogens (primary N) is 1. The van der Waals surface area contributed by atoms with E-state index in [0.717, 1.165) is 17.1 Å². The monoisotopic (exact) mass is 268 g/mol. The lowest BCUT2D eigenvalue weighted by Crippen LogP contribution is -2.11. The second-order valence-electron chi connectivity index (χ2n) is 5.66. The van der Waals surface area contributed by atoms with Crippen LogP contribution < -0.4 is 11.3 Å². The summed E-state index contributed by atoms with van der Waals surface area (Å²) in [5, 5.41) is 0. The van der Waals surface area contributed by atoms with Crippen LogP contribution >= 0.6 is 0 Å².